The van der Waals surface area contributed by atoms with Gasteiger partial charge >= 0.3 is 11.9 Å². The number of carboxylic acids is 2. The van der Waals surface area contributed by atoms with Crippen molar-refractivity contribution in [3.8, 4) is 5.75 Å². The molecular weight excluding hydrogens is 420 g/mol. The minimum absolute atomic E-state index is 0.0638. The molecule has 6 nitrogen and oxygen atoms in total. The minimum Gasteiger partial charge on any atom is -0.508 e. The number of hydrogen-bond donors (Lipinski definition) is 4. The van der Waals surface area contributed by atoms with Crippen molar-refractivity contribution >= 4 is 11.9 Å². The van der Waals surface area contributed by atoms with Gasteiger partial charge in [-0.15, -0.1) is 0 Å². The van der Waals surface area contributed by atoms with E-state index in [-0.39, 0.29) is 11.3 Å². The first kappa shape index (κ1) is 27.9. The summed E-state index contributed by atoms with van der Waals surface area (Å²) in [4.78, 5) is 21.9. The molecule has 0 aromatic heterocycles. The van der Waals surface area contributed by atoms with Gasteiger partial charge in [-0.2, -0.15) is 0 Å². The lowest BCUT2D eigenvalue weighted by molar-refractivity contribution is -0.132. The Kier molecular flexibility index (Phi) is 11.9. The molecule has 0 bridgehead atoms. The smallest absolute Gasteiger partial charge is 0.335 e. The number of allylic oxidation sites excluding steroid dienone is 5. The number of aliphatic hydroxyl groups is 1. The summed E-state index contributed by atoms with van der Waals surface area (Å²) in [6.45, 7) is 9.55. The highest BCUT2D eigenvalue weighted by molar-refractivity contribution is 5.88. The fraction of sp³-hybridized carbons (Fsp3) is 0.407. The van der Waals surface area contributed by atoms with E-state index in [1.54, 1.807) is 13.0 Å². The molecule has 0 saturated carbocycles. The summed E-state index contributed by atoms with van der Waals surface area (Å²) in [6.07, 6.45) is 9.73. The Labute approximate surface area is 196 Å². The normalized spacial score (nSPS) is 13.6. The Balaban J connectivity index is 2.44. The molecule has 0 unspecified atom stereocenters. The summed E-state index contributed by atoms with van der Waals surface area (Å²) in [6, 6.07) is 4.23. The predicted molar refractivity (Wildman–Crippen MR) is 131 cm³/mol. The second kappa shape index (κ2) is 14.1. The highest BCUT2D eigenvalue weighted by Gasteiger charge is 2.10. The quantitative estimate of drug-likeness (QED) is 0.207. The molecule has 1 rings (SSSR count). The second-order valence-corrected chi connectivity index (χ2v) is 8.44. The van der Waals surface area contributed by atoms with Gasteiger partial charge in [-0.1, -0.05) is 36.0 Å². The standard InChI is InChI=1S/C27H36O6/c1-18(8-6-10-21(4)26(30)31)7-5-9-20(3)24(28)15-12-19(2)11-13-22-17-23(27(32)33)14-16-25(22)29/h7,10-11,14,16-17,24,28-29H,3,5-6,8-9,12-13,15H2,1-2,4H3,(H,30,31)(H,32,33)/t24-/m0/s1. The molecule has 0 amide bonds. The van der Waals surface area contributed by atoms with Gasteiger partial charge in [0.15, 0.2) is 0 Å². The van der Waals surface area contributed by atoms with Crippen molar-refractivity contribution in [2.45, 2.75) is 71.8 Å². The zero-order chi connectivity index (χ0) is 25.0. The van der Waals surface area contributed by atoms with Gasteiger partial charge in [-0.05, 0) is 95.1 Å². The number of carboxylic acid groups (broad SMARTS) is 2. The number of phenols is 1. The van der Waals surface area contributed by atoms with Crippen LogP contribution in [0, 0.1) is 0 Å². The number of benzene rings is 1. The van der Waals surface area contributed by atoms with Crippen LogP contribution in [0.4, 0.5) is 0 Å². The Morgan fingerprint density at radius 1 is 0.970 bits per heavy atom. The number of hydrogen-bond acceptors (Lipinski definition) is 4. The van der Waals surface area contributed by atoms with E-state index in [4.69, 9.17) is 10.2 Å². The van der Waals surface area contributed by atoms with E-state index in [2.05, 4.69) is 12.7 Å². The van der Waals surface area contributed by atoms with E-state index >= 15 is 0 Å². The fourth-order valence-corrected chi connectivity index (χ4v) is 3.21. The molecule has 0 spiro atoms. The number of aromatic carboxylic acids is 1. The zero-order valence-corrected chi connectivity index (χ0v) is 19.8. The third-order valence-corrected chi connectivity index (χ3v) is 5.57. The van der Waals surface area contributed by atoms with Crippen LogP contribution in [0.1, 0.15) is 75.2 Å². The number of aliphatic hydroxyl groups excluding tert-OH is 1. The van der Waals surface area contributed by atoms with E-state index in [0.717, 1.165) is 24.0 Å². The van der Waals surface area contributed by atoms with Crippen LogP contribution in [0.25, 0.3) is 0 Å². The van der Waals surface area contributed by atoms with Crippen molar-refractivity contribution in [3.05, 3.63) is 76.4 Å². The van der Waals surface area contributed by atoms with E-state index < -0.39 is 18.0 Å². The van der Waals surface area contributed by atoms with Gasteiger partial charge in [0, 0.05) is 5.57 Å². The molecule has 1 atom stereocenters. The molecule has 0 heterocycles. The van der Waals surface area contributed by atoms with Gasteiger partial charge in [0.2, 0.25) is 0 Å². The first-order valence-corrected chi connectivity index (χ1v) is 11.1. The maximum Gasteiger partial charge on any atom is 0.335 e. The van der Waals surface area contributed by atoms with Crippen molar-refractivity contribution in [2.75, 3.05) is 0 Å². The molecule has 0 aliphatic rings. The molecule has 1 aromatic carbocycles. The van der Waals surface area contributed by atoms with Gasteiger partial charge < -0.3 is 20.4 Å². The van der Waals surface area contributed by atoms with Crippen LogP contribution in [0.2, 0.25) is 0 Å². The van der Waals surface area contributed by atoms with Crippen molar-refractivity contribution < 1.29 is 30.0 Å². The van der Waals surface area contributed by atoms with Crippen molar-refractivity contribution in [1.29, 1.82) is 0 Å². The Hall–Kier alpha value is -3.12. The largest absolute Gasteiger partial charge is 0.508 e. The zero-order valence-electron chi connectivity index (χ0n) is 19.8. The van der Waals surface area contributed by atoms with E-state index in [1.807, 2.05) is 19.9 Å². The van der Waals surface area contributed by atoms with Crippen molar-refractivity contribution in [3.63, 3.8) is 0 Å². The summed E-state index contributed by atoms with van der Waals surface area (Å²) in [7, 11) is 0. The first-order chi connectivity index (χ1) is 15.5. The van der Waals surface area contributed by atoms with Gasteiger partial charge in [0.05, 0.1) is 11.7 Å². The third kappa shape index (κ3) is 10.8. The van der Waals surface area contributed by atoms with Crippen LogP contribution in [0.3, 0.4) is 0 Å². The average molecular weight is 457 g/mol. The molecule has 4 N–H and O–H groups in total. The number of aliphatic carboxylic acids is 1. The van der Waals surface area contributed by atoms with Crippen molar-refractivity contribution in [1.82, 2.24) is 0 Å². The maximum absolute atomic E-state index is 11.1. The molecule has 33 heavy (non-hydrogen) atoms. The van der Waals surface area contributed by atoms with Gasteiger partial charge in [0.1, 0.15) is 5.75 Å². The van der Waals surface area contributed by atoms with Crippen LogP contribution >= 0.6 is 0 Å². The van der Waals surface area contributed by atoms with Crippen LogP contribution in [-0.4, -0.2) is 38.5 Å². The lowest BCUT2D eigenvalue weighted by Gasteiger charge is -2.14. The fourth-order valence-electron chi connectivity index (χ4n) is 3.21. The highest BCUT2D eigenvalue weighted by Crippen LogP contribution is 2.22. The van der Waals surface area contributed by atoms with E-state index in [0.29, 0.717) is 43.2 Å². The lowest BCUT2D eigenvalue weighted by Crippen LogP contribution is -2.09. The monoisotopic (exact) mass is 456 g/mol. The summed E-state index contributed by atoms with van der Waals surface area (Å²) in [5, 5.41) is 38.3. The third-order valence-electron chi connectivity index (χ3n) is 5.57. The number of phenolic OH excluding ortho intramolecular Hbond substituents is 1. The molecule has 0 aliphatic heterocycles. The highest BCUT2D eigenvalue weighted by atomic mass is 16.4. The molecule has 1 aromatic rings. The minimum atomic E-state index is -1.03. The second-order valence-electron chi connectivity index (χ2n) is 8.44. The van der Waals surface area contributed by atoms with E-state index in [9.17, 15) is 19.8 Å². The topological polar surface area (TPSA) is 115 Å². The van der Waals surface area contributed by atoms with Crippen LogP contribution < -0.4 is 0 Å². The summed E-state index contributed by atoms with van der Waals surface area (Å²) < 4.78 is 0. The molecule has 0 radical (unpaired) electrons. The summed E-state index contributed by atoms with van der Waals surface area (Å²) in [5.41, 5.74) is 4.05. The molecule has 6 heteroatoms. The van der Waals surface area contributed by atoms with E-state index in [1.165, 1.54) is 23.8 Å². The Morgan fingerprint density at radius 3 is 2.24 bits per heavy atom. The first-order valence-electron chi connectivity index (χ1n) is 11.1. The van der Waals surface area contributed by atoms with Crippen molar-refractivity contribution in [2.24, 2.45) is 0 Å². The number of carbonyl (C=O) groups is 2. The average Bonchev–Trinajstić information content (AvgIpc) is 2.76. The Bertz CT molecular complexity index is 936. The van der Waals surface area contributed by atoms with Gasteiger partial charge in [0.25, 0.3) is 0 Å². The summed E-state index contributed by atoms with van der Waals surface area (Å²) >= 11 is 0. The SMILES string of the molecule is C=C(CCC=C(C)CCC=C(C)C(=O)O)[C@@H](O)CCC(C)=CCc1cc(C(=O)O)ccc1O. The molecule has 0 saturated heterocycles. The van der Waals surface area contributed by atoms with Gasteiger partial charge in [-0.3, -0.25) is 0 Å². The van der Waals surface area contributed by atoms with Gasteiger partial charge in [-0.25, -0.2) is 9.59 Å². The van der Waals surface area contributed by atoms with Crippen LogP contribution in [0.15, 0.2) is 65.3 Å². The van der Waals surface area contributed by atoms with Crippen LogP contribution in [0.5, 0.6) is 5.75 Å². The number of rotatable bonds is 14. The Morgan fingerprint density at radius 2 is 1.61 bits per heavy atom. The number of aromatic hydroxyl groups is 1. The lowest BCUT2D eigenvalue weighted by atomic mass is 9.98. The molecule has 0 fully saturated rings. The molecule has 0 aliphatic carbocycles. The van der Waals surface area contributed by atoms with Crippen LogP contribution in [-0.2, 0) is 11.2 Å². The maximum atomic E-state index is 11.1. The summed E-state index contributed by atoms with van der Waals surface area (Å²) in [5.74, 6) is -1.86. The molecule has 180 valence electrons. The molecular formula is C27H36O6. The predicted octanol–water partition coefficient (Wildman–Crippen LogP) is 5.81.